The molecule has 0 atom stereocenters. The normalized spacial score (nSPS) is 10.8. The number of hydrazone groups is 1. The van der Waals surface area contributed by atoms with Crippen molar-refractivity contribution in [3.05, 3.63) is 61.5 Å². The maximum Gasteiger partial charge on any atom is 0.272 e. The molecule has 0 aliphatic heterocycles. The number of phenols is 1. The summed E-state index contributed by atoms with van der Waals surface area (Å²) in [7, 11) is 0. The number of nitrogens with zero attached hydrogens (tertiary/aromatic N) is 1. The molecule has 1 amide bonds. The lowest BCUT2D eigenvalue weighted by atomic mass is 10.2. The molecule has 0 aromatic heterocycles. The molecule has 0 bridgehead atoms. The zero-order valence-electron chi connectivity index (χ0n) is 10.5. The SMILES string of the molecule is O=C(N/N=C/c1cc(Br)cc(Br)c1O)c1ccccc1Cl. The van der Waals surface area contributed by atoms with Crippen LogP contribution in [-0.2, 0) is 0 Å². The van der Waals surface area contributed by atoms with Crippen LogP contribution in [0, 0.1) is 0 Å². The highest BCUT2D eigenvalue weighted by Gasteiger charge is 2.09. The topological polar surface area (TPSA) is 61.7 Å². The van der Waals surface area contributed by atoms with E-state index in [-0.39, 0.29) is 5.75 Å². The highest BCUT2D eigenvalue weighted by atomic mass is 79.9. The minimum Gasteiger partial charge on any atom is -0.506 e. The maximum atomic E-state index is 11.9. The number of rotatable bonds is 3. The molecule has 0 spiro atoms. The van der Waals surface area contributed by atoms with Gasteiger partial charge in [0, 0.05) is 10.0 Å². The van der Waals surface area contributed by atoms with E-state index in [2.05, 4.69) is 42.4 Å². The van der Waals surface area contributed by atoms with Gasteiger partial charge in [-0.2, -0.15) is 5.10 Å². The standard InChI is InChI=1S/C14H9Br2ClN2O2/c15-9-5-8(13(20)11(16)6-9)7-18-19-14(21)10-3-1-2-4-12(10)17/h1-7,20H,(H,19,21)/b18-7+. The quantitative estimate of drug-likeness (QED) is 0.560. The van der Waals surface area contributed by atoms with E-state index in [9.17, 15) is 9.90 Å². The zero-order chi connectivity index (χ0) is 15.4. The van der Waals surface area contributed by atoms with Gasteiger partial charge in [0.05, 0.1) is 21.3 Å². The van der Waals surface area contributed by atoms with Crippen LogP contribution in [0.1, 0.15) is 15.9 Å². The smallest absolute Gasteiger partial charge is 0.272 e. The predicted octanol–water partition coefficient (Wildman–Crippen LogP) is 4.33. The summed E-state index contributed by atoms with van der Waals surface area (Å²) in [4.78, 5) is 11.9. The number of benzene rings is 2. The van der Waals surface area contributed by atoms with Gasteiger partial charge in [0.15, 0.2) is 0 Å². The van der Waals surface area contributed by atoms with E-state index >= 15 is 0 Å². The molecule has 0 aliphatic carbocycles. The minimum absolute atomic E-state index is 0.0361. The van der Waals surface area contributed by atoms with Crippen LogP contribution >= 0.6 is 43.5 Å². The van der Waals surface area contributed by atoms with Crippen molar-refractivity contribution < 1.29 is 9.90 Å². The average molecular weight is 432 g/mol. The number of carbonyl (C=O) groups is 1. The first-order chi connectivity index (χ1) is 9.99. The monoisotopic (exact) mass is 430 g/mol. The number of amides is 1. The van der Waals surface area contributed by atoms with Gasteiger partial charge in [0.1, 0.15) is 5.75 Å². The van der Waals surface area contributed by atoms with Gasteiger partial charge in [0.25, 0.3) is 5.91 Å². The third-order valence-corrected chi connectivity index (χ3v) is 3.94. The number of hydrogen-bond donors (Lipinski definition) is 2. The summed E-state index contributed by atoms with van der Waals surface area (Å²) in [6.07, 6.45) is 1.35. The lowest BCUT2D eigenvalue weighted by molar-refractivity contribution is 0.0955. The average Bonchev–Trinajstić information content (AvgIpc) is 2.44. The summed E-state index contributed by atoms with van der Waals surface area (Å²) in [5.74, 6) is -0.389. The Labute approximate surface area is 143 Å². The van der Waals surface area contributed by atoms with E-state index in [0.29, 0.717) is 20.6 Å². The highest BCUT2D eigenvalue weighted by molar-refractivity contribution is 9.11. The van der Waals surface area contributed by atoms with Gasteiger partial charge < -0.3 is 5.11 Å². The van der Waals surface area contributed by atoms with Gasteiger partial charge >= 0.3 is 0 Å². The minimum atomic E-state index is -0.426. The van der Waals surface area contributed by atoms with E-state index in [1.807, 2.05) is 0 Å². The Morgan fingerprint density at radius 1 is 1.29 bits per heavy atom. The summed E-state index contributed by atoms with van der Waals surface area (Å²) in [5.41, 5.74) is 3.14. The Morgan fingerprint density at radius 3 is 2.71 bits per heavy atom. The molecule has 0 aliphatic rings. The molecule has 21 heavy (non-hydrogen) atoms. The van der Waals surface area contributed by atoms with Crippen LogP contribution in [0.2, 0.25) is 5.02 Å². The van der Waals surface area contributed by atoms with Crippen molar-refractivity contribution in [2.75, 3.05) is 0 Å². The van der Waals surface area contributed by atoms with Crippen LogP contribution in [0.4, 0.5) is 0 Å². The molecular weight excluding hydrogens is 423 g/mol. The van der Waals surface area contributed by atoms with Crippen LogP contribution in [-0.4, -0.2) is 17.2 Å². The summed E-state index contributed by atoms with van der Waals surface area (Å²) < 4.78 is 1.29. The number of nitrogens with one attached hydrogen (secondary N) is 1. The first kappa shape index (κ1) is 16.0. The molecule has 0 fully saturated rings. The number of hydrogen-bond acceptors (Lipinski definition) is 3. The molecule has 2 aromatic carbocycles. The largest absolute Gasteiger partial charge is 0.506 e. The van der Waals surface area contributed by atoms with Crippen LogP contribution in [0.5, 0.6) is 5.75 Å². The van der Waals surface area contributed by atoms with Crippen molar-refractivity contribution in [3.8, 4) is 5.75 Å². The van der Waals surface area contributed by atoms with Crippen LogP contribution in [0.25, 0.3) is 0 Å². The molecule has 0 saturated heterocycles. The molecular formula is C14H9Br2ClN2O2. The summed E-state index contributed by atoms with van der Waals surface area (Å²) in [6.45, 7) is 0. The Kier molecular flexibility index (Phi) is 5.39. The first-order valence-electron chi connectivity index (χ1n) is 5.75. The van der Waals surface area contributed by atoms with Crippen molar-refractivity contribution in [2.45, 2.75) is 0 Å². The molecule has 0 saturated carbocycles. The lowest BCUT2D eigenvalue weighted by Gasteiger charge is -2.04. The van der Waals surface area contributed by atoms with Gasteiger partial charge in [-0.1, -0.05) is 39.7 Å². The second-order valence-electron chi connectivity index (χ2n) is 4.00. The molecule has 7 heteroatoms. The molecule has 2 N–H and O–H groups in total. The molecule has 108 valence electrons. The fourth-order valence-corrected chi connectivity index (χ4v) is 3.03. The first-order valence-corrected chi connectivity index (χ1v) is 7.71. The number of halogens is 3. The number of aromatic hydroxyl groups is 1. The second kappa shape index (κ2) is 7.06. The fourth-order valence-electron chi connectivity index (χ4n) is 1.55. The van der Waals surface area contributed by atoms with Gasteiger partial charge in [-0.25, -0.2) is 5.43 Å². The molecule has 2 rings (SSSR count). The van der Waals surface area contributed by atoms with Gasteiger partial charge in [-0.3, -0.25) is 4.79 Å². The predicted molar refractivity (Wildman–Crippen MR) is 90.0 cm³/mol. The molecule has 0 unspecified atom stereocenters. The van der Waals surface area contributed by atoms with Crippen molar-refractivity contribution >= 4 is 55.6 Å². The maximum absolute atomic E-state index is 11.9. The lowest BCUT2D eigenvalue weighted by Crippen LogP contribution is -2.17. The Balaban J connectivity index is 2.13. The second-order valence-corrected chi connectivity index (χ2v) is 6.18. The van der Waals surface area contributed by atoms with Crippen molar-refractivity contribution in [1.29, 1.82) is 0 Å². The summed E-state index contributed by atoms with van der Waals surface area (Å²) in [5, 5.41) is 14.0. The van der Waals surface area contributed by atoms with Crippen molar-refractivity contribution in [3.63, 3.8) is 0 Å². The number of carbonyl (C=O) groups excluding carboxylic acids is 1. The Bertz CT molecular complexity index is 720. The third-order valence-electron chi connectivity index (χ3n) is 2.55. The summed E-state index contributed by atoms with van der Waals surface area (Å²) in [6, 6.07) is 10.0. The van der Waals surface area contributed by atoms with Crippen LogP contribution < -0.4 is 5.43 Å². The Hall–Kier alpha value is -1.37. The van der Waals surface area contributed by atoms with Gasteiger partial charge in [-0.15, -0.1) is 0 Å². The highest BCUT2D eigenvalue weighted by Crippen LogP contribution is 2.30. The fraction of sp³-hybridized carbons (Fsp3) is 0. The van der Waals surface area contributed by atoms with Gasteiger partial charge in [0.2, 0.25) is 0 Å². The number of phenolic OH excluding ortho intramolecular Hbond substituents is 1. The zero-order valence-corrected chi connectivity index (χ0v) is 14.4. The van der Waals surface area contributed by atoms with E-state index in [1.54, 1.807) is 36.4 Å². The Morgan fingerprint density at radius 2 is 2.00 bits per heavy atom. The van der Waals surface area contributed by atoms with Crippen LogP contribution in [0.15, 0.2) is 50.4 Å². The molecule has 4 nitrogen and oxygen atoms in total. The molecule has 2 aromatic rings. The van der Waals surface area contributed by atoms with E-state index in [1.165, 1.54) is 6.21 Å². The van der Waals surface area contributed by atoms with Crippen molar-refractivity contribution in [1.82, 2.24) is 5.43 Å². The molecule has 0 heterocycles. The summed E-state index contributed by atoms with van der Waals surface area (Å²) >= 11 is 12.4. The van der Waals surface area contributed by atoms with Crippen molar-refractivity contribution in [2.24, 2.45) is 5.10 Å². The van der Waals surface area contributed by atoms with E-state index in [0.717, 1.165) is 4.47 Å². The van der Waals surface area contributed by atoms with Gasteiger partial charge in [-0.05, 0) is 40.2 Å². The molecule has 0 radical (unpaired) electrons. The van der Waals surface area contributed by atoms with E-state index in [4.69, 9.17) is 11.6 Å². The van der Waals surface area contributed by atoms with Crippen LogP contribution in [0.3, 0.4) is 0 Å². The van der Waals surface area contributed by atoms with E-state index < -0.39 is 5.91 Å². The third kappa shape index (κ3) is 4.06.